The fraction of sp³-hybridized carbons (Fsp3) is 0.350. The van der Waals surface area contributed by atoms with Crippen LogP contribution in [0.4, 0.5) is 4.39 Å². The van der Waals surface area contributed by atoms with Crippen molar-refractivity contribution in [2.75, 3.05) is 18.8 Å². The molecule has 1 fully saturated rings. The predicted octanol–water partition coefficient (Wildman–Crippen LogP) is 3.20. The summed E-state index contributed by atoms with van der Waals surface area (Å²) in [5.74, 6) is 0.899. The van der Waals surface area contributed by atoms with Gasteiger partial charge >= 0.3 is 0 Å². The van der Waals surface area contributed by atoms with E-state index in [1.54, 1.807) is 30.0 Å². The van der Waals surface area contributed by atoms with Crippen molar-refractivity contribution in [3.05, 3.63) is 59.9 Å². The van der Waals surface area contributed by atoms with Crippen molar-refractivity contribution in [1.82, 2.24) is 4.90 Å². The number of hydrogen-bond acceptors (Lipinski definition) is 4. The van der Waals surface area contributed by atoms with E-state index in [-0.39, 0.29) is 17.5 Å². The second-order valence-corrected chi connectivity index (χ2v) is 9.15. The van der Waals surface area contributed by atoms with Crippen LogP contribution in [-0.4, -0.2) is 43.3 Å². The molecular formula is C20H22FNO4S. The molecule has 7 heteroatoms. The summed E-state index contributed by atoms with van der Waals surface area (Å²) in [5.41, 5.74) is 0.946. The molecule has 3 rings (SSSR count). The smallest absolute Gasteiger partial charge is 0.222 e. The molecule has 5 nitrogen and oxygen atoms in total. The lowest BCUT2D eigenvalue weighted by molar-refractivity contribution is -0.134. The molecule has 0 aromatic heterocycles. The molecule has 0 N–H and O–H groups in total. The van der Waals surface area contributed by atoms with E-state index in [0.717, 1.165) is 5.56 Å². The first-order valence-electron chi connectivity index (χ1n) is 8.89. The molecule has 1 aliphatic rings. The highest BCUT2D eigenvalue weighted by Gasteiger charge is 2.38. The standard InChI is InChI=1S/C20H22FNO4S/c1-2-27(24,25)19-13-22(14-19)20(23)11-6-15-4-3-5-18(12-15)26-17-9-7-16(21)8-10-17/h3-5,7-10,12,19H,2,6,11,13-14H2,1H3. The number of nitrogens with zero attached hydrogens (tertiary/aromatic N) is 1. The third kappa shape index (κ3) is 4.86. The number of benzene rings is 2. The number of ether oxygens (including phenoxy) is 1. The number of aryl methyl sites for hydroxylation is 1. The zero-order valence-electron chi connectivity index (χ0n) is 15.1. The summed E-state index contributed by atoms with van der Waals surface area (Å²) in [7, 11) is -3.07. The van der Waals surface area contributed by atoms with Crippen molar-refractivity contribution in [3.8, 4) is 11.5 Å². The Hall–Kier alpha value is -2.41. The molecule has 1 heterocycles. The molecule has 1 saturated heterocycles. The molecule has 27 heavy (non-hydrogen) atoms. The van der Waals surface area contributed by atoms with Gasteiger partial charge in [0.2, 0.25) is 5.91 Å². The highest BCUT2D eigenvalue weighted by Crippen LogP contribution is 2.24. The fourth-order valence-corrected chi connectivity index (χ4v) is 4.20. The van der Waals surface area contributed by atoms with Gasteiger partial charge in [-0.3, -0.25) is 4.79 Å². The number of rotatable bonds is 7. The summed E-state index contributed by atoms with van der Waals surface area (Å²) >= 11 is 0. The van der Waals surface area contributed by atoms with Crippen LogP contribution in [0.1, 0.15) is 18.9 Å². The molecule has 0 unspecified atom stereocenters. The maximum absolute atomic E-state index is 12.9. The minimum atomic E-state index is -3.07. The van der Waals surface area contributed by atoms with Crippen LogP contribution in [0.25, 0.3) is 0 Å². The monoisotopic (exact) mass is 391 g/mol. The van der Waals surface area contributed by atoms with Gasteiger partial charge in [0, 0.05) is 25.3 Å². The number of hydrogen-bond donors (Lipinski definition) is 0. The first kappa shape index (κ1) is 19.4. The Bertz CT molecular complexity index is 906. The Morgan fingerprint density at radius 2 is 1.85 bits per heavy atom. The van der Waals surface area contributed by atoms with E-state index in [4.69, 9.17) is 4.74 Å². The van der Waals surface area contributed by atoms with Crippen LogP contribution in [0.15, 0.2) is 48.5 Å². The average Bonchev–Trinajstić information content (AvgIpc) is 2.61. The van der Waals surface area contributed by atoms with Gasteiger partial charge in [0.25, 0.3) is 0 Å². The quantitative estimate of drug-likeness (QED) is 0.727. The number of carbonyl (C=O) groups is 1. The molecule has 0 saturated carbocycles. The third-order valence-electron chi connectivity index (χ3n) is 4.69. The second kappa shape index (κ2) is 8.08. The lowest BCUT2D eigenvalue weighted by Crippen LogP contribution is -2.57. The van der Waals surface area contributed by atoms with E-state index in [2.05, 4.69) is 0 Å². The van der Waals surface area contributed by atoms with Crippen LogP contribution >= 0.6 is 0 Å². The molecule has 1 aliphatic heterocycles. The summed E-state index contributed by atoms with van der Waals surface area (Å²) < 4.78 is 42.2. The summed E-state index contributed by atoms with van der Waals surface area (Å²) in [6.45, 7) is 2.21. The van der Waals surface area contributed by atoms with E-state index < -0.39 is 15.1 Å². The van der Waals surface area contributed by atoms with Gasteiger partial charge in [-0.15, -0.1) is 0 Å². The van der Waals surface area contributed by atoms with Gasteiger partial charge in [0.1, 0.15) is 17.3 Å². The van der Waals surface area contributed by atoms with Crippen molar-refractivity contribution < 1.29 is 22.3 Å². The maximum Gasteiger partial charge on any atom is 0.222 e. The van der Waals surface area contributed by atoms with Crippen molar-refractivity contribution in [1.29, 1.82) is 0 Å². The van der Waals surface area contributed by atoms with E-state index in [1.165, 1.54) is 12.1 Å². The first-order chi connectivity index (χ1) is 12.9. The van der Waals surface area contributed by atoms with Crippen LogP contribution in [0.3, 0.4) is 0 Å². The van der Waals surface area contributed by atoms with Crippen molar-refractivity contribution in [2.24, 2.45) is 0 Å². The topological polar surface area (TPSA) is 63.7 Å². The number of halogens is 1. The molecule has 0 bridgehead atoms. The SMILES string of the molecule is CCS(=O)(=O)C1CN(C(=O)CCc2cccc(Oc3ccc(F)cc3)c2)C1. The summed E-state index contributed by atoms with van der Waals surface area (Å²) in [6.07, 6.45) is 0.861. The summed E-state index contributed by atoms with van der Waals surface area (Å²) in [6, 6.07) is 13.2. The largest absolute Gasteiger partial charge is 0.457 e. The average molecular weight is 391 g/mol. The van der Waals surface area contributed by atoms with E-state index in [0.29, 0.717) is 37.4 Å². The van der Waals surface area contributed by atoms with E-state index in [1.807, 2.05) is 18.2 Å². The first-order valence-corrected chi connectivity index (χ1v) is 10.6. The van der Waals surface area contributed by atoms with Crippen molar-refractivity contribution in [3.63, 3.8) is 0 Å². The lowest BCUT2D eigenvalue weighted by Gasteiger charge is -2.38. The number of likely N-dealkylation sites (tertiary alicyclic amines) is 1. The molecule has 0 spiro atoms. The van der Waals surface area contributed by atoms with Gasteiger partial charge in [-0.05, 0) is 48.4 Å². The molecule has 0 aliphatic carbocycles. The van der Waals surface area contributed by atoms with Crippen LogP contribution in [0.5, 0.6) is 11.5 Å². The maximum atomic E-state index is 12.9. The van der Waals surface area contributed by atoms with Crippen molar-refractivity contribution in [2.45, 2.75) is 25.0 Å². The van der Waals surface area contributed by atoms with Gasteiger partial charge in [-0.2, -0.15) is 0 Å². The Labute approximate surface area is 158 Å². The highest BCUT2D eigenvalue weighted by molar-refractivity contribution is 7.92. The van der Waals surface area contributed by atoms with Crippen molar-refractivity contribution >= 4 is 15.7 Å². The van der Waals surface area contributed by atoms with Crippen LogP contribution in [0.2, 0.25) is 0 Å². The normalized spacial score (nSPS) is 14.7. The molecule has 2 aromatic rings. The highest BCUT2D eigenvalue weighted by atomic mass is 32.2. The zero-order valence-corrected chi connectivity index (χ0v) is 15.9. The Morgan fingerprint density at radius 1 is 1.15 bits per heavy atom. The van der Waals surface area contributed by atoms with Gasteiger partial charge in [0.15, 0.2) is 9.84 Å². The molecule has 144 valence electrons. The lowest BCUT2D eigenvalue weighted by atomic mass is 10.1. The Kier molecular flexibility index (Phi) is 5.79. The van der Waals surface area contributed by atoms with E-state index in [9.17, 15) is 17.6 Å². The second-order valence-electron chi connectivity index (χ2n) is 6.58. The zero-order chi connectivity index (χ0) is 19.4. The number of sulfone groups is 1. The van der Waals surface area contributed by atoms with Crippen LogP contribution < -0.4 is 4.74 Å². The minimum absolute atomic E-state index is 0.0394. The van der Waals surface area contributed by atoms with Gasteiger partial charge in [0.05, 0.1) is 5.25 Å². The Morgan fingerprint density at radius 3 is 2.52 bits per heavy atom. The molecule has 1 amide bonds. The summed E-state index contributed by atoms with van der Waals surface area (Å²) in [5, 5.41) is -0.418. The number of carbonyl (C=O) groups excluding carboxylic acids is 1. The minimum Gasteiger partial charge on any atom is -0.457 e. The number of amides is 1. The third-order valence-corrected chi connectivity index (χ3v) is 6.80. The summed E-state index contributed by atoms with van der Waals surface area (Å²) in [4.78, 5) is 13.8. The van der Waals surface area contributed by atoms with E-state index >= 15 is 0 Å². The Balaban J connectivity index is 1.51. The molecule has 0 radical (unpaired) electrons. The molecular weight excluding hydrogens is 369 g/mol. The predicted molar refractivity (Wildman–Crippen MR) is 101 cm³/mol. The molecule has 2 aromatic carbocycles. The van der Waals surface area contributed by atoms with Gasteiger partial charge < -0.3 is 9.64 Å². The van der Waals surface area contributed by atoms with Crippen LogP contribution in [0, 0.1) is 5.82 Å². The van der Waals surface area contributed by atoms with Crippen LogP contribution in [-0.2, 0) is 21.1 Å². The molecule has 0 atom stereocenters. The van der Waals surface area contributed by atoms with Gasteiger partial charge in [-0.1, -0.05) is 19.1 Å². The fourth-order valence-electron chi connectivity index (χ4n) is 2.92. The van der Waals surface area contributed by atoms with Gasteiger partial charge in [-0.25, -0.2) is 12.8 Å².